The molecule has 2 aliphatic rings. The Morgan fingerprint density at radius 2 is 2.11 bits per heavy atom. The van der Waals surface area contributed by atoms with E-state index in [-0.39, 0.29) is 24.7 Å². The van der Waals surface area contributed by atoms with Gasteiger partial charge >= 0.3 is 0 Å². The van der Waals surface area contributed by atoms with E-state index in [2.05, 4.69) is 15.3 Å². The van der Waals surface area contributed by atoms with Crippen molar-refractivity contribution in [3.63, 3.8) is 0 Å². The quantitative estimate of drug-likeness (QED) is 0.757. The first-order valence-electron chi connectivity index (χ1n) is 9.76. The van der Waals surface area contributed by atoms with E-state index in [1.165, 1.54) is 0 Å². The number of carbonyl (C=O) groups is 1. The molecule has 1 saturated heterocycles. The van der Waals surface area contributed by atoms with Crippen molar-refractivity contribution in [2.75, 3.05) is 40.4 Å². The fourth-order valence-electron chi connectivity index (χ4n) is 3.93. The summed E-state index contributed by atoms with van der Waals surface area (Å²) < 4.78 is 12.8. The Kier molecular flexibility index (Phi) is 6.20. The molecule has 0 spiro atoms. The van der Waals surface area contributed by atoms with Crippen molar-refractivity contribution >= 4 is 5.91 Å². The number of methoxy groups -OCH3 is 1. The Hall–Kier alpha value is -1.48. The lowest BCUT2D eigenvalue weighted by atomic mass is 9.91. The van der Waals surface area contributed by atoms with Crippen molar-refractivity contribution in [1.29, 1.82) is 0 Å². The first-order chi connectivity index (χ1) is 12.8. The van der Waals surface area contributed by atoms with E-state index in [4.69, 9.17) is 9.47 Å². The SMILES string of the molecule is COCCn1nc2c(c1C(=O)NCC1(O)CCN(C)CC1)C[C@H](C)O[C@@H]2C. The summed E-state index contributed by atoms with van der Waals surface area (Å²) in [5.41, 5.74) is 1.50. The van der Waals surface area contributed by atoms with Crippen LogP contribution in [0.15, 0.2) is 0 Å². The summed E-state index contributed by atoms with van der Waals surface area (Å²) in [5.74, 6) is -0.187. The number of ether oxygens (including phenoxy) is 2. The molecular weight excluding hydrogens is 348 g/mol. The number of amides is 1. The first kappa shape index (κ1) is 20.3. The zero-order chi connectivity index (χ0) is 19.6. The van der Waals surface area contributed by atoms with Gasteiger partial charge < -0.3 is 24.8 Å². The van der Waals surface area contributed by atoms with Gasteiger partial charge in [0.2, 0.25) is 0 Å². The number of nitrogens with zero attached hydrogens (tertiary/aromatic N) is 3. The second-order valence-electron chi connectivity index (χ2n) is 7.93. The highest BCUT2D eigenvalue weighted by Crippen LogP contribution is 2.31. The molecule has 0 aliphatic carbocycles. The van der Waals surface area contributed by atoms with E-state index in [9.17, 15) is 9.90 Å². The van der Waals surface area contributed by atoms with E-state index in [1.807, 2.05) is 20.9 Å². The Labute approximate surface area is 160 Å². The first-order valence-corrected chi connectivity index (χ1v) is 9.76. The topological polar surface area (TPSA) is 88.9 Å². The maximum Gasteiger partial charge on any atom is 0.269 e. The fourth-order valence-corrected chi connectivity index (χ4v) is 3.93. The van der Waals surface area contributed by atoms with Crippen molar-refractivity contribution in [3.8, 4) is 0 Å². The number of piperidine rings is 1. The van der Waals surface area contributed by atoms with Crippen LogP contribution in [0, 0.1) is 0 Å². The van der Waals surface area contributed by atoms with Crippen molar-refractivity contribution in [2.45, 2.75) is 57.5 Å². The molecule has 2 aliphatic heterocycles. The van der Waals surface area contributed by atoms with Gasteiger partial charge in [-0.2, -0.15) is 5.10 Å². The van der Waals surface area contributed by atoms with Crippen LogP contribution in [0.25, 0.3) is 0 Å². The molecule has 2 N–H and O–H groups in total. The Morgan fingerprint density at radius 3 is 2.78 bits per heavy atom. The number of nitrogens with one attached hydrogen (secondary N) is 1. The number of hydrogen-bond donors (Lipinski definition) is 2. The Morgan fingerprint density at radius 1 is 1.41 bits per heavy atom. The minimum atomic E-state index is -0.844. The summed E-state index contributed by atoms with van der Waals surface area (Å²) in [4.78, 5) is 15.2. The average Bonchev–Trinajstić information content (AvgIpc) is 2.99. The molecular formula is C19H32N4O4. The average molecular weight is 380 g/mol. The lowest BCUT2D eigenvalue weighted by Crippen LogP contribution is -2.50. The van der Waals surface area contributed by atoms with Crippen LogP contribution >= 0.6 is 0 Å². The molecule has 2 atom stereocenters. The van der Waals surface area contributed by atoms with Gasteiger partial charge in [-0.3, -0.25) is 9.48 Å². The number of likely N-dealkylation sites (tertiary alicyclic amines) is 1. The summed E-state index contributed by atoms with van der Waals surface area (Å²) in [5, 5.41) is 18.4. The highest BCUT2D eigenvalue weighted by atomic mass is 16.5. The van der Waals surface area contributed by atoms with Gasteiger partial charge in [-0.05, 0) is 33.7 Å². The van der Waals surface area contributed by atoms with Crippen LogP contribution in [-0.4, -0.2) is 77.8 Å². The number of aromatic nitrogens is 2. The molecule has 27 heavy (non-hydrogen) atoms. The summed E-state index contributed by atoms with van der Waals surface area (Å²) in [6, 6.07) is 0. The van der Waals surface area contributed by atoms with Crippen LogP contribution < -0.4 is 5.32 Å². The minimum absolute atomic E-state index is 0.0391. The molecule has 1 aromatic heterocycles. The maximum atomic E-state index is 13.0. The molecule has 0 radical (unpaired) electrons. The van der Waals surface area contributed by atoms with Crippen molar-refractivity contribution in [2.24, 2.45) is 0 Å². The molecule has 8 heteroatoms. The van der Waals surface area contributed by atoms with Crippen LogP contribution in [-0.2, 0) is 22.4 Å². The third kappa shape index (κ3) is 4.51. The molecule has 152 valence electrons. The number of aliphatic hydroxyl groups is 1. The zero-order valence-electron chi connectivity index (χ0n) is 16.8. The van der Waals surface area contributed by atoms with Crippen molar-refractivity contribution in [1.82, 2.24) is 20.0 Å². The normalized spacial score (nSPS) is 25.2. The smallest absolute Gasteiger partial charge is 0.269 e. The Bertz CT molecular complexity index is 667. The minimum Gasteiger partial charge on any atom is -0.388 e. The van der Waals surface area contributed by atoms with Crippen LogP contribution in [0.5, 0.6) is 0 Å². The van der Waals surface area contributed by atoms with E-state index in [0.717, 1.165) is 24.3 Å². The maximum absolute atomic E-state index is 13.0. The van der Waals surface area contributed by atoms with E-state index >= 15 is 0 Å². The molecule has 1 aromatic rings. The predicted molar refractivity (Wildman–Crippen MR) is 101 cm³/mol. The van der Waals surface area contributed by atoms with Gasteiger partial charge in [0.15, 0.2) is 0 Å². The Balaban J connectivity index is 1.78. The molecule has 0 bridgehead atoms. The van der Waals surface area contributed by atoms with Crippen LogP contribution in [0.4, 0.5) is 0 Å². The van der Waals surface area contributed by atoms with Gasteiger partial charge in [-0.1, -0.05) is 0 Å². The van der Waals surface area contributed by atoms with Crippen LogP contribution in [0.1, 0.15) is 54.5 Å². The number of rotatable bonds is 6. The van der Waals surface area contributed by atoms with Crippen molar-refractivity contribution in [3.05, 3.63) is 17.0 Å². The lowest BCUT2D eigenvalue weighted by Gasteiger charge is -2.36. The van der Waals surface area contributed by atoms with Crippen LogP contribution in [0.3, 0.4) is 0 Å². The standard InChI is InChI=1S/C19H32N4O4/c1-13-11-15-16(14(2)27-13)21-23(9-10-26-4)17(15)18(24)20-12-19(25)5-7-22(3)8-6-19/h13-14,25H,5-12H2,1-4H3,(H,20,24)/t13-,14+/m0/s1. The van der Waals surface area contributed by atoms with Crippen molar-refractivity contribution < 1.29 is 19.4 Å². The third-order valence-corrected chi connectivity index (χ3v) is 5.61. The van der Waals surface area contributed by atoms with Gasteiger partial charge in [0, 0.05) is 38.7 Å². The molecule has 0 saturated carbocycles. The lowest BCUT2D eigenvalue weighted by molar-refractivity contribution is -0.0137. The monoisotopic (exact) mass is 380 g/mol. The highest BCUT2D eigenvalue weighted by Gasteiger charge is 2.35. The molecule has 0 aromatic carbocycles. The molecule has 3 heterocycles. The summed E-state index contributed by atoms with van der Waals surface area (Å²) in [6.07, 6.45) is 1.87. The third-order valence-electron chi connectivity index (χ3n) is 5.61. The van der Waals surface area contributed by atoms with Gasteiger partial charge in [-0.15, -0.1) is 0 Å². The zero-order valence-corrected chi connectivity index (χ0v) is 16.8. The van der Waals surface area contributed by atoms with E-state index in [1.54, 1.807) is 11.8 Å². The molecule has 1 fully saturated rings. The summed E-state index contributed by atoms with van der Waals surface area (Å²) in [6.45, 7) is 6.87. The highest BCUT2D eigenvalue weighted by molar-refractivity contribution is 5.94. The fraction of sp³-hybridized carbons (Fsp3) is 0.789. The largest absolute Gasteiger partial charge is 0.388 e. The van der Waals surface area contributed by atoms with Crippen LogP contribution in [0.2, 0.25) is 0 Å². The van der Waals surface area contributed by atoms with Gasteiger partial charge in [0.1, 0.15) is 5.69 Å². The van der Waals surface area contributed by atoms with Gasteiger partial charge in [-0.25, -0.2) is 0 Å². The number of hydrogen-bond acceptors (Lipinski definition) is 6. The predicted octanol–water partition coefficient (Wildman–Crippen LogP) is 0.738. The molecule has 1 amide bonds. The summed E-state index contributed by atoms with van der Waals surface area (Å²) in [7, 11) is 3.68. The molecule has 0 unspecified atom stereocenters. The van der Waals surface area contributed by atoms with Gasteiger partial charge in [0.05, 0.1) is 36.7 Å². The van der Waals surface area contributed by atoms with E-state index < -0.39 is 5.60 Å². The second-order valence-corrected chi connectivity index (χ2v) is 7.93. The summed E-state index contributed by atoms with van der Waals surface area (Å²) >= 11 is 0. The molecule has 8 nitrogen and oxygen atoms in total. The second kappa shape index (κ2) is 8.26. The molecule has 3 rings (SSSR count). The number of carbonyl (C=O) groups excluding carboxylic acids is 1. The van der Waals surface area contributed by atoms with E-state index in [0.29, 0.717) is 38.1 Å². The van der Waals surface area contributed by atoms with Gasteiger partial charge in [0.25, 0.3) is 5.91 Å². The number of fused-ring (bicyclic) bond motifs is 1.